The van der Waals surface area contributed by atoms with Gasteiger partial charge < -0.3 is 15.2 Å². The SMILES string of the molecule is Cc1nc2ccc(OC(F)(F)F)cc2c(-c2ccccc2)c1S(C)(=O)=O.Nc1ccc(OC(F)(F)F)cc1C(=O)c1ccccc1. The van der Waals surface area contributed by atoms with Crippen molar-refractivity contribution in [2.75, 3.05) is 12.0 Å². The van der Waals surface area contributed by atoms with Crippen LogP contribution in [0.25, 0.3) is 22.0 Å². The molecule has 5 aromatic rings. The summed E-state index contributed by atoms with van der Waals surface area (Å²) >= 11 is 0. The molecule has 0 saturated heterocycles. The molecule has 0 fully saturated rings. The number of aryl methyl sites for hydroxylation is 1. The standard InChI is InChI=1S/C18H14F3NO3S.C14H10F3NO2/c1-11-17(26(2,23)24)16(12-6-4-3-5-7-12)14-10-13(25-18(19,20)21)8-9-15(14)22-11;15-14(16,17)20-10-6-7-12(18)11(8-10)13(19)9-4-2-1-3-5-9/h3-10H,1-2H3;1-8H,18H2. The number of sulfone groups is 1. The second kappa shape index (κ2) is 13.1. The van der Waals surface area contributed by atoms with Gasteiger partial charge in [-0.1, -0.05) is 60.7 Å². The first kappa shape index (κ1) is 33.8. The van der Waals surface area contributed by atoms with Crippen molar-refractivity contribution in [3.05, 3.63) is 114 Å². The average Bonchev–Trinajstić information content (AvgIpc) is 2.96. The molecule has 1 heterocycles. The molecule has 0 radical (unpaired) electrons. The molecule has 2 N–H and O–H groups in total. The first-order valence-corrected chi connectivity index (χ1v) is 15.0. The van der Waals surface area contributed by atoms with E-state index < -0.39 is 39.8 Å². The van der Waals surface area contributed by atoms with Crippen LogP contribution in [-0.4, -0.2) is 38.2 Å². The molecule has 0 aliphatic heterocycles. The Morgan fingerprint density at radius 1 is 0.761 bits per heavy atom. The third kappa shape index (κ3) is 8.53. The van der Waals surface area contributed by atoms with Crippen molar-refractivity contribution in [1.82, 2.24) is 4.98 Å². The molecule has 0 aliphatic carbocycles. The Bertz CT molecular complexity index is 1980. The lowest BCUT2D eigenvalue weighted by Gasteiger charge is -2.16. The van der Waals surface area contributed by atoms with Crippen LogP contribution < -0.4 is 15.2 Å². The summed E-state index contributed by atoms with van der Waals surface area (Å²) in [5.41, 5.74) is 7.56. The Morgan fingerprint density at radius 3 is 1.83 bits per heavy atom. The summed E-state index contributed by atoms with van der Waals surface area (Å²) in [6.07, 6.45) is -8.62. The molecule has 14 heteroatoms. The second-order valence-corrected chi connectivity index (χ2v) is 11.7. The minimum absolute atomic E-state index is 0.0136. The van der Waals surface area contributed by atoms with E-state index in [0.717, 1.165) is 30.5 Å². The van der Waals surface area contributed by atoms with Crippen molar-refractivity contribution in [1.29, 1.82) is 0 Å². The molecule has 240 valence electrons. The van der Waals surface area contributed by atoms with Gasteiger partial charge in [-0.15, -0.1) is 26.3 Å². The van der Waals surface area contributed by atoms with Gasteiger partial charge in [0.05, 0.1) is 16.1 Å². The number of ketones is 1. The number of hydrogen-bond acceptors (Lipinski definition) is 7. The Hall–Kier alpha value is -5.11. The fourth-order valence-electron chi connectivity index (χ4n) is 4.56. The Balaban J connectivity index is 0.000000216. The highest BCUT2D eigenvalue weighted by molar-refractivity contribution is 7.91. The van der Waals surface area contributed by atoms with Gasteiger partial charge in [-0.2, -0.15) is 0 Å². The lowest BCUT2D eigenvalue weighted by molar-refractivity contribution is -0.275. The summed E-state index contributed by atoms with van der Waals surface area (Å²) in [6, 6.07) is 23.7. The topological polar surface area (TPSA) is 109 Å². The Morgan fingerprint density at radius 2 is 1.28 bits per heavy atom. The summed E-state index contributed by atoms with van der Waals surface area (Å²) in [5, 5.41) is 0.268. The molecule has 0 bridgehead atoms. The van der Waals surface area contributed by atoms with E-state index in [1.807, 2.05) is 0 Å². The maximum atomic E-state index is 12.6. The highest BCUT2D eigenvalue weighted by Gasteiger charge is 2.32. The molecule has 0 aliphatic rings. The first-order valence-electron chi connectivity index (χ1n) is 13.1. The summed E-state index contributed by atoms with van der Waals surface area (Å²) in [4.78, 5) is 16.4. The van der Waals surface area contributed by atoms with Crippen molar-refractivity contribution < 1.29 is 49.0 Å². The predicted octanol–water partition coefficient (Wildman–Crippen LogP) is 7.91. The number of nitrogen functional groups attached to an aromatic ring is 1. The largest absolute Gasteiger partial charge is 0.573 e. The van der Waals surface area contributed by atoms with Gasteiger partial charge in [0, 0.05) is 34.0 Å². The van der Waals surface area contributed by atoms with Crippen LogP contribution in [0, 0.1) is 6.92 Å². The third-order valence-corrected chi connectivity index (χ3v) is 7.53. The van der Waals surface area contributed by atoms with Gasteiger partial charge in [-0.3, -0.25) is 9.78 Å². The van der Waals surface area contributed by atoms with Crippen LogP contribution in [-0.2, 0) is 9.84 Å². The molecular weight excluding hydrogens is 638 g/mol. The van der Waals surface area contributed by atoms with Crippen LogP contribution in [0.4, 0.5) is 32.0 Å². The zero-order chi connectivity index (χ0) is 33.9. The van der Waals surface area contributed by atoms with Gasteiger partial charge in [-0.25, -0.2) is 8.42 Å². The van der Waals surface area contributed by atoms with Crippen LogP contribution in [0.5, 0.6) is 11.5 Å². The number of carbonyl (C=O) groups is 1. The first-order chi connectivity index (χ1) is 21.4. The predicted molar refractivity (Wildman–Crippen MR) is 159 cm³/mol. The van der Waals surface area contributed by atoms with Gasteiger partial charge in [-0.05, 0) is 48.9 Å². The molecule has 0 unspecified atom stereocenters. The van der Waals surface area contributed by atoms with Gasteiger partial charge in [0.2, 0.25) is 0 Å². The minimum Gasteiger partial charge on any atom is -0.406 e. The van der Waals surface area contributed by atoms with Crippen LogP contribution in [0.15, 0.2) is 102 Å². The normalized spacial score (nSPS) is 11.8. The zero-order valence-corrected chi connectivity index (χ0v) is 24.8. The van der Waals surface area contributed by atoms with Crippen LogP contribution >= 0.6 is 0 Å². The van der Waals surface area contributed by atoms with E-state index in [9.17, 15) is 39.6 Å². The fourth-order valence-corrected chi connectivity index (χ4v) is 5.74. The van der Waals surface area contributed by atoms with E-state index in [2.05, 4.69) is 14.5 Å². The van der Waals surface area contributed by atoms with E-state index in [4.69, 9.17) is 5.73 Å². The maximum Gasteiger partial charge on any atom is 0.573 e. The van der Waals surface area contributed by atoms with Gasteiger partial charge in [0.1, 0.15) is 11.5 Å². The fraction of sp³-hybridized carbons (Fsp3) is 0.125. The highest BCUT2D eigenvalue weighted by Crippen LogP contribution is 2.38. The monoisotopic (exact) mass is 662 g/mol. The van der Waals surface area contributed by atoms with Gasteiger partial charge in [0.25, 0.3) is 0 Å². The lowest BCUT2D eigenvalue weighted by atomic mass is 10.00. The number of aromatic nitrogens is 1. The average molecular weight is 663 g/mol. The molecule has 1 aromatic heterocycles. The van der Waals surface area contributed by atoms with Crippen molar-refractivity contribution in [3.63, 3.8) is 0 Å². The number of anilines is 1. The number of benzene rings is 4. The summed E-state index contributed by atoms with van der Waals surface area (Å²) in [5.74, 6) is -1.38. The third-order valence-electron chi connectivity index (χ3n) is 6.29. The van der Waals surface area contributed by atoms with Crippen molar-refractivity contribution in [2.24, 2.45) is 0 Å². The molecule has 0 atom stereocenters. The quantitative estimate of drug-likeness (QED) is 0.112. The van der Waals surface area contributed by atoms with Crippen LogP contribution in [0.1, 0.15) is 21.6 Å². The molecule has 7 nitrogen and oxygen atoms in total. The van der Waals surface area contributed by atoms with Crippen molar-refractivity contribution >= 4 is 32.2 Å². The number of hydrogen-bond donors (Lipinski definition) is 1. The summed E-state index contributed by atoms with van der Waals surface area (Å²) < 4.78 is 107. The number of halogens is 6. The number of fused-ring (bicyclic) bond motifs is 1. The Kier molecular flexibility index (Phi) is 9.61. The summed E-state index contributed by atoms with van der Waals surface area (Å²) in [7, 11) is -3.68. The lowest BCUT2D eigenvalue weighted by Crippen LogP contribution is -2.17. The van der Waals surface area contributed by atoms with E-state index in [-0.39, 0.29) is 27.2 Å². The number of rotatable bonds is 6. The minimum atomic E-state index is -4.85. The molecule has 0 saturated carbocycles. The molecule has 0 amide bonds. The summed E-state index contributed by atoms with van der Waals surface area (Å²) in [6.45, 7) is 1.56. The van der Waals surface area contributed by atoms with Crippen LogP contribution in [0.2, 0.25) is 0 Å². The van der Waals surface area contributed by atoms with Crippen molar-refractivity contribution in [2.45, 2.75) is 24.5 Å². The van der Waals surface area contributed by atoms with E-state index >= 15 is 0 Å². The molecule has 4 aromatic carbocycles. The van der Waals surface area contributed by atoms with E-state index in [1.165, 1.54) is 12.1 Å². The molecule has 0 spiro atoms. The van der Waals surface area contributed by atoms with Crippen LogP contribution in [0.3, 0.4) is 0 Å². The van der Waals surface area contributed by atoms with Gasteiger partial charge in [0.15, 0.2) is 15.6 Å². The number of ether oxygens (including phenoxy) is 2. The number of nitrogens with two attached hydrogens (primary N) is 1. The highest BCUT2D eigenvalue weighted by atomic mass is 32.2. The smallest absolute Gasteiger partial charge is 0.406 e. The van der Waals surface area contributed by atoms with E-state index in [0.29, 0.717) is 22.2 Å². The Labute approximate surface area is 259 Å². The van der Waals surface area contributed by atoms with Crippen molar-refractivity contribution in [3.8, 4) is 22.6 Å². The van der Waals surface area contributed by atoms with Gasteiger partial charge >= 0.3 is 12.7 Å². The number of nitrogens with zero attached hydrogens (tertiary/aromatic N) is 1. The molecule has 5 rings (SSSR count). The van der Waals surface area contributed by atoms with E-state index in [1.54, 1.807) is 67.6 Å². The molecule has 46 heavy (non-hydrogen) atoms. The molecular formula is C32H24F6N2O5S. The number of pyridine rings is 1. The second-order valence-electron chi connectivity index (χ2n) is 9.76. The maximum absolute atomic E-state index is 12.6. The number of carbonyl (C=O) groups excluding carboxylic acids is 1. The zero-order valence-electron chi connectivity index (χ0n) is 24.0. The number of alkyl halides is 6.